The molecular weight excluding hydrogens is 1760 g/mol. The largest absolute Gasteiger partial charge is 2.00 e. The second-order valence-electron chi connectivity index (χ2n) is 37.7. The fourth-order valence-corrected chi connectivity index (χ4v) is 23.5. The first-order valence-electron chi connectivity index (χ1n) is 49.5. The number of aromatic amines is 2. The minimum atomic E-state index is 0. The molecular formula is C122H126N12Zn2. The predicted molar refractivity (Wildman–Crippen MR) is 569 cm³/mol. The molecule has 15 heterocycles. The van der Waals surface area contributed by atoms with Crippen molar-refractivity contribution in [1.82, 2.24) is 59.8 Å². The molecule has 19 rings (SSSR count). The van der Waals surface area contributed by atoms with Gasteiger partial charge in [-0.15, -0.1) is 44.1 Å². The average Bonchev–Trinajstić information content (AvgIpc) is 1.57. The molecule has 0 aliphatic carbocycles. The topological polar surface area (TPSA) is 165 Å². The number of allylic oxidation sites excluding steroid dienone is 12. The fraction of sp³-hybridized carbons (Fsp3) is 0.311. The molecule has 0 atom stereocenters. The number of nitrogens with zero attached hydrogens (tertiary/aromatic N) is 10. The van der Waals surface area contributed by atoms with Crippen molar-refractivity contribution in [3.05, 3.63) is 280 Å². The van der Waals surface area contributed by atoms with Gasteiger partial charge in [0.25, 0.3) is 0 Å². The Hall–Kier alpha value is -12.1. The summed E-state index contributed by atoms with van der Waals surface area (Å²) >= 11 is 0. The summed E-state index contributed by atoms with van der Waals surface area (Å²) in [5.41, 5.74) is 65.6. The molecule has 14 heteroatoms. The molecule has 678 valence electrons. The molecule has 0 saturated carbocycles. The summed E-state index contributed by atoms with van der Waals surface area (Å²) in [6.45, 7) is 59.1. The monoisotopic (exact) mass is 1890 g/mol. The van der Waals surface area contributed by atoms with Crippen LogP contribution in [0.3, 0.4) is 0 Å². The van der Waals surface area contributed by atoms with E-state index >= 15 is 0 Å². The maximum absolute atomic E-state index is 6.15. The minimum Gasteiger partial charge on any atom is -0.657 e. The predicted octanol–water partition coefficient (Wildman–Crippen LogP) is 32.0. The Labute approximate surface area is 829 Å². The van der Waals surface area contributed by atoms with Gasteiger partial charge in [-0.2, -0.15) is 0 Å². The maximum atomic E-state index is 6.15. The first-order chi connectivity index (χ1) is 64.7. The van der Waals surface area contributed by atoms with Crippen LogP contribution in [-0.4, -0.2) is 39.9 Å². The normalized spacial score (nSPS) is 13.4. The molecule has 9 aromatic heterocycles. The molecule has 2 N–H and O–H groups in total. The Morgan fingerprint density at radius 2 is 0.449 bits per heavy atom. The SMILES string of the molecule is CCC1=C(C)c2nc1cc1[n-]c(c(C)c1CC)c(-c1ccccc1-c1c3nc(cc4[n-]c(c(C)c4CC)c(-c4ccccc4-c4c5nc(cc6[nH]c(c(C)c6CC)c(-c6ccc(C)cc6)c6nc(cc7[nH]c4c(C)c7CC)C(CC)=C6C)C(CC)=C5C)c4nc(cc5[n-]c1c(C)c5CC)C(CC)=C4C)C(CC)=C3C)c1nc(cc3[n-]c(c(C)c3CC)c2-c2ccc(C)cc2)C(CC)=C1C.[Zn+2].[Zn+2]. The van der Waals surface area contributed by atoms with Crippen LogP contribution in [0.1, 0.15) is 309 Å². The van der Waals surface area contributed by atoms with Gasteiger partial charge in [-0.05, 0) is 331 Å². The summed E-state index contributed by atoms with van der Waals surface area (Å²) in [5, 5.41) is 0. The fourth-order valence-electron chi connectivity index (χ4n) is 23.5. The molecule has 6 aliphatic rings. The Morgan fingerprint density at radius 1 is 0.228 bits per heavy atom. The van der Waals surface area contributed by atoms with Crippen molar-refractivity contribution in [1.29, 1.82) is 0 Å². The number of hydrogen-bond donors (Lipinski definition) is 2. The Morgan fingerprint density at radius 3 is 0.713 bits per heavy atom. The average molecular weight is 1890 g/mol. The zero-order valence-corrected chi connectivity index (χ0v) is 91.0. The molecule has 136 heavy (non-hydrogen) atoms. The number of aromatic nitrogens is 12. The molecule has 0 amide bonds. The number of nitrogens with one attached hydrogen (secondary N) is 2. The molecule has 0 spiro atoms. The van der Waals surface area contributed by atoms with Crippen molar-refractivity contribution < 1.29 is 39.0 Å². The van der Waals surface area contributed by atoms with Crippen LogP contribution < -0.4 is 19.9 Å². The molecule has 13 aromatic rings. The third-order valence-electron chi connectivity index (χ3n) is 30.7. The smallest absolute Gasteiger partial charge is 0.657 e. The van der Waals surface area contributed by atoms with Crippen molar-refractivity contribution in [2.24, 2.45) is 0 Å². The number of aryl methyl sites for hydroxylation is 14. The van der Waals surface area contributed by atoms with Crippen LogP contribution in [0, 0.1) is 55.4 Å². The second kappa shape index (κ2) is 37.8. The second-order valence-corrected chi connectivity index (χ2v) is 37.7. The Balaban J connectivity index is 0.00000642. The van der Waals surface area contributed by atoms with Gasteiger partial charge in [-0.3, -0.25) is 0 Å². The summed E-state index contributed by atoms with van der Waals surface area (Å²) in [7, 11) is 0. The zero-order chi connectivity index (χ0) is 94.3. The van der Waals surface area contributed by atoms with Crippen molar-refractivity contribution >= 4 is 133 Å². The third kappa shape index (κ3) is 15.3. The molecule has 4 aromatic carbocycles. The van der Waals surface area contributed by atoms with E-state index < -0.39 is 0 Å². The number of rotatable bonds is 18. The molecule has 0 saturated heterocycles. The van der Waals surface area contributed by atoms with Crippen molar-refractivity contribution in [2.75, 3.05) is 0 Å². The van der Waals surface area contributed by atoms with Crippen LogP contribution in [0.5, 0.6) is 0 Å². The quantitative estimate of drug-likeness (QED) is 0.0790. The number of benzene rings is 4. The van der Waals surface area contributed by atoms with Crippen LogP contribution in [0.25, 0.3) is 200 Å². The number of fused-ring (bicyclic) bond motifs is 24. The number of H-pyrrole nitrogens is 2. The van der Waals surface area contributed by atoms with E-state index in [-0.39, 0.29) is 39.0 Å². The molecule has 0 fully saturated rings. The number of hydrogen-bond acceptors (Lipinski definition) is 6. The van der Waals surface area contributed by atoms with Gasteiger partial charge in [0.2, 0.25) is 0 Å². The molecule has 12 nitrogen and oxygen atoms in total. The van der Waals surface area contributed by atoms with Crippen LogP contribution in [0.4, 0.5) is 0 Å². The standard InChI is InChI=1S/C122H126N12.2Zn/c1-27-77-63(15)111-105(75-51-47-61(13)48-52-75)112-64(16)78(28-2)94(124-112)56-98-82(32-6)68(20)116(128-98)107(115-67(19)81(31-5)97(127-115)55-93(77)123-111)89-43-39-41-45-91(89)109-119-71(23)85(35-9)101(131-119)59-103-87(37-11)73(25)121(133-103)110(122-74(26)88(38-12)104(134-122)60-102-86(36-10)72(24)120(109)132-102)92-46-42-40-44-90(92)108-117-69(21)83(33-7)99(129-117)57-95-79(29-3)65(17)113(125-95)106(76-53-49-62(14)50-54-76)114-66(18)80(30-4)96(126-114)58-100-84(34-8)70(22)118(108)130-100;;/h39-60,123,128H,27-38H2,1-26H3;;/q-4;2*+2. The minimum absolute atomic E-state index is 0. The first-order valence-corrected chi connectivity index (χ1v) is 49.5. The first kappa shape index (κ1) is 95.6. The molecule has 0 unspecified atom stereocenters. The van der Waals surface area contributed by atoms with E-state index in [4.69, 9.17) is 49.8 Å². The van der Waals surface area contributed by atoms with E-state index in [1.807, 2.05) is 0 Å². The van der Waals surface area contributed by atoms with E-state index in [1.165, 1.54) is 94.6 Å². The van der Waals surface area contributed by atoms with Gasteiger partial charge in [0.05, 0.1) is 79.4 Å². The summed E-state index contributed by atoms with van der Waals surface area (Å²) in [6.07, 6.45) is 9.24. The van der Waals surface area contributed by atoms with Gasteiger partial charge < -0.3 is 29.9 Å². The van der Waals surface area contributed by atoms with Crippen molar-refractivity contribution in [3.63, 3.8) is 0 Å². The van der Waals surface area contributed by atoms with E-state index in [0.29, 0.717) is 0 Å². The Kier molecular flexibility index (Phi) is 26.6. The van der Waals surface area contributed by atoms with Crippen LogP contribution in [-0.2, 0) is 77.5 Å². The van der Waals surface area contributed by atoms with Gasteiger partial charge in [-0.25, -0.2) is 29.9 Å². The van der Waals surface area contributed by atoms with Gasteiger partial charge >= 0.3 is 39.0 Å². The Bertz CT molecular complexity index is 7540. The summed E-state index contributed by atoms with van der Waals surface area (Å²) in [4.78, 5) is 68.4. The van der Waals surface area contributed by atoms with Gasteiger partial charge in [0, 0.05) is 22.2 Å². The summed E-state index contributed by atoms with van der Waals surface area (Å²) in [6, 6.07) is 49.9. The van der Waals surface area contributed by atoms with Crippen LogP contribution in [0.15, 0.2) is 133 Å². The zero-order valence-electron chi connectivity index (χ0n) is 85.1. The van der Waals surface area contributed by atoms with E-state index in [0.717, 1.165) is 328 Å². The van der Waals surface area contributed by atoms with Crippen LogP contribution in [0.2, 0.25) is 0 Å². The van der Waals surface area contributed by atoms with E-state index in [2.05, 4.69) is 323 Å². The van der Waals surface area contributed by atoms with Crippen molar-refractivity contribution in [3.8, 4) is 66.8 Å². The van der Waals surface area contributed by atoms with Gasteiger partial charge in [0.15, 0.2) is 0 Å². The van der Waals surface area contributed by atoms with Crippen LogP contribution >= 0.6 is 0 Å². The summed E-state index contributed by atoms with van der Waals surface area (Å²) < 4.78 is 0. The van der Waals surface area contributed by atoms with Gasteiger partial charge in [-0.1, -0.05) is 260 Å². The van der Waals surface area contributed by atoms with Crippen molar-refractivity contribution in [2.45, 2.75) is 257 Å². The van der Waals surface area contributed by atoms with Gasteiger partial charge in [0.1, 0.15) is 0 Å². The van der Waals surface area contributed by atoms with E-state index in [9.17, 15) is 0 Å². The van der Waals surface area contributed by atoms with E-state index in [1.54, 1.807) is 0 Å². The molecule has 24 bridgehead atoms. The maximum Gasteiger partial charge on any atom is 2.00 e. The molecule has 6 aliphatic heterocycles. The molecule has 0 radical (unpaired) electrons. The third-order valence-corrected chi connectivity index (χ3v) is 30.7. The summed E-state index contributed by atoms with van der Waals surface area (Å²) in [5.74, 6) is 0.